The first-order valence-electron chi connectivity index (χ1n) is 14.3. The molecule has 0 aliphatic rings. The van der Waals surface area contributed by atoms with Gasteiger partial charge in [0.1, 0.15) is 45.8 Å². The van der Waals surface area contributed by atoms with E-state index in [1.807, 2.05) is 4.72 Å². The molecule has 0 amide bonds. The lowest BCUT2D eigenvalue weighted by atomic mass is 10.1. The second kappa shape index (κ2) is 15.9. The minimum atomic E-state index is -4.78. The summed E-state index contributed by atoms with van der Waals surface area (Å²) in [4.78, 5) is 0. The number of hydrogen-bond donors (Lipinski definition) is 3. The lowest BCUT2D eigenvalue weighted by molar-refractivity contribution is 0.247. The summed E-state index contributed by atoms with van der Waals surface area (Å²) < 4.78 is 124. The van der Waals surface area contributed by atoms with Gasteiger partial charge in [-0.25, -0.2) is 30.5 Å². The average molecular weight is 742 g/mol. The normalized spacial score (nSPS) is 11.6. The highest BCUT2D eigenvalue weighted by Gasteiger charge is 2.35. The van der Waals surface area contributed by atoms with E-state index in [2.05, 4.69) is 0 Å². The summed E-state index contributed by atoms with van der Waals surface area (Å²) in [6.45, 7) is 1.42. The zero-order chi connectivity index (χ0) is 35.9. The number of halogens is 4. The third-order valence-corrected chi connectivity index (χ3v) is 11.7. The predicted octanol–water partition coefficient (Wildman–Crippen LogP) is 5.55. The maximum Gasteiger partial charge on any atom is 0.445 e. The molecule has 49 heavy (non-hydrogen) atoms. The quantitative estimate of drug-likeness (QED) is 0.0739. The van der Waals surface area contributed by atoms with Crippen molar-refractivity contribution >= 4 is 39.0 Å². The fourth-order valence-electron chi connectivity index (χ4n) is 4.28. The second-order valence-corrected chi connectivity index (χ2v) is 15.0. The van der Waals surface area contributed by atoms with Gasteiger partial charge in [0.2, 0.25) is 11.5 Å². The van der Waals surface area contributed by atoms with Crippen molar-refractivity contribution in [3.63, 3.8) is 0 Å². The number of nitrogens with one attached hydrogen (secondary N) is 1. The Kier molecular flexibility index (Phi) is 12.1. The Morgan fingerprint density at radius 1 is 0.857 bits per heavy atom. The van der Waals surface area contributed by atoms with Gasteiger partial charge in [-0.1, -0.05) is 0 Å². The molecule has 4 rings (SSSR count). The SMILES string of the molecule is Cc1c(S(=O)(=O)NCP(=O)(Oc2ccc(C#N)c(F)c2)Oc2ccc(C#N)c(F)c2)sc2c(F)c(OCCCN)c(OCCCN)c(F)c12. The minimum Gasteiger partial charge on any atom is -0.487 e. The molecular formula is C30H28F4N5O7PS2. The first-order valence-corrected chi connectivity index (χ1v) is 18.3. The summed E-state index contributed by atoms with van der Waals surface area (Å²) in [5, 5.41) is 17.6. The van der Waals surface area contributed by atoms with Crippen molar-refractivity contribution in [2.75, 3.05) is 32.6 Å². The maximum atomic E-state index is 15.9. The third kappa shape index (κ3) is 8.42. The van der Waals surface area contributed by atoms with E-state index in [-0.39, 0.29) is 43.0 Å². The molecule has 12 nitrogen and oxygen atoms in total. The zero-order valence-corrected chi connectivity index (χ0v) is 28.1. The molecule has 1 heterocycles. The molecule has 0 unspecified atom stereocenters. The van der Waals surface area contributed by atoms with Crippen molar-refractivity contribution in [2.24, 2.45) is 11.5 Å². The van der Waals surface area contributed by atoms with Crippen LogP contribution in [0.25, 0.3) is 10.1 Å². The van der Waals surface area contributed by atoms with Crippen LogP contribution in [0.15, 0.2) is 40.6 Å². The van der Waals surface area contributed by atoms with E-state index in [0.29, 0.717) is 36.3 Å². The molecule has 0 radical (unpaired) electrons. The summed E-state index contributed by atoms with van der Waals surface area (Å²) in [7, 11) is -9.53. The van der Waals surface area contributed by atoms with Crippen LogP contribution in [0.5, 0.6) is 23.0 Å². The van der Waals surface area contributed by atoms with Crippen LogP contribution in [0.3, 0.4) is 0 Å². The van der Waals surface area contributed by atoms with Crippen molar-refractivity contribution in [2.45, 2.75) is 24.0 Å². The van der Waals surface area contributed by atoms with Crippen molar-refractivity contribution in [3.05, 3.63) is 76.4 Å². The third-order valence-electron chi connectivity index (χ3n) is 6.62. The van der Waals surface area contributed by atoms with Gasteiger partial charge in [0.15, 0.2) is 11.6 Å². The smallest absolute Gasteiger partial charge is 0.445 e. The molecule has 0 atom stereocenters. The number of fused-ring (bicyclic) bond motifs is 1. The van der Waals surface area contributed by atoms with Crippen molar-refractivity contribution in [1.82, 2.24) is 4.72 Å². The zero-order valence-electron chi connectivity index (χ0n) is 25.6. The molecule has 0 bridgehead atoms. The van der Waals surface area contributed by atoms with Crippen LogP contribution in [0, 0.1) is 52.9 Å². The summed E-state index contributed by atoms with van der Waals surface area (Å²) in [6.07, 6.45) is -0.567. The van der Waals surface area contributed by atoms with Crippen molar-refractivity contribution in [3.8, 4) is 35.1 Å². The van der Waals surface area contributed by atoms with Crippen LogP contribution in [0.2, 0.25) is 0 Å². The van der Waals surface area contributed by atoms with Gasteiger partial charge < -0.3 is 30.0 Å². The van der Waals surface area contributed by atoms with E-state index in [0.717, 1.165) is 24.3 Å². The summed E-state index contributed by atoms with van der Waals surface area (Å²) in [6, 6.07) is 8.72. The Labute approximate surface area is 282 Å². The van der Waals surface area contributed by atoms with E-state index < -0.39 is 84.5 Å². The number of benzene rings is 3. The lowest BCUT2D eigenvalue weighted by Crippen LogP contribution is -2.27. The predicted molar refractivity (Wildman–Crippen MR) is 171 cm³/mol. The summed E-state index contributed by atoms with van der Waals surface area (Å²) >= 11 is 0.355. The number of nitrogens with two attached hydrogens (primary N) is 2. The maximum absolute atomic E-state index is 15.9. The molecular weight excluding hydrogens is 713 g/mol. The first kappa shape index (κ1) is 37.4. The Morgan fingerprint density at radius 2 is 1.35 bits per heavy atom. The summed E-state index contributed by atoms with van der Waals surface area (Å²) in [5.74, 6) is -6.34. The molecule has 0 fully saturated rings. The van der Waals surface area contributed by atoms with Gasteiger partial charge in [-0.2, -0.15) is 15.2 Å². The van der Waals surface area contributed by atoms with E-state index in [9.17, 15) is 21.8 Å². The van der Waals surface area contributed by atoms with Crippen molar-refractivity contribution < 1.29 is 49.1 Å². The number of sulfonamides is 1. The molecule has 4 aromatic rings. The largest absolute Gasteiger partial charge is 0.487 e. The fraction of sp³-hybridized carbons (Fsp3) is 0.267. The van der Waals surface area contributed by atoms with Crippen LogP contribution in [-0.2, 0) is 14.6 Å². The average Bonchev–Trinajstić information content (AvgIpc) is 3.42. The number of aryl methyl sites for hydroxylation is 1. The van der Waals surface area contributed by atoms with Gasteiger partial charge in [-0.3, -0.25) is 0 Å². The van der Waals surface area contributed by atoms with Gasteiger partial charge in [0, 0.05) is 17.5 Å². The fourth-order valence-corrected chi connectivity index (χ4v) is 9.10. The molecule has 0 saturated carbocycles. The molecule has 0 spiro atoms. The molecule has 19 heteroatoms. The van der Waals surface area contributed by atoms with Gasteiger partial charge in [-0.05, 0) is 62.7 Å². The Hall–Kier alpha value is -4.42. The van der Waals surface area contributed by atoms with E-state index in [4.69, 9.17) is 40.5 Å². The van der Waals surface area contributed by atoms with E-state index in [1.165, 1.54) is 6.92 Å². The number of nitrogens with zero attached hydrogens (tertiary/aromatic N) is 2. The topological polar surface area (TPSA) is 200 Å². The van der Waals surface area contributed by atoms with Crippen LogP contribution < -0.4 is 34.7 Å². The molecule has 0 aliphatic heterocycles. The number of rotatable bonds is 16. The monoisotopic (exact) mass is 741 g/mol. The molecule has 0 saturated heterocycles. The molecule has 1 aromatic heterocycles. The highest BCUT2D eigenvalue weighted by atomic mass is 32.2. The Balaban J connectivity index is 1.73. The molecule has 0 aliphatic carbocycles. The Bertz CT molecular complexity index is 2050. The molecule has 5 N–H and O–H groups in total. The number of nitriles is 2. The summed E-state index contributed by atoms with van der Waals surface area (Å²) in [5.41, 5.74) is 9.99. The minimum absolute atomic E-state index is 0.0930. The standard InChI is InChI=1S/C30H28F4N5O7PS2/c1-17-24-25(33)27(43-10-2-8-35)28(44-11-3-9-36)26(34)29(24)48-30(17)49(41,42)39-16-47(40,45-20-6-4-18(14-37)22(31)12-20)46-21-7-5-19(15-38)23(32)13-21/h4-7,12-13,39H,2-3,8-11,16,35-36H2,1H3. The van der Waals surface area contributed by atoms with Gasteiger partial charge in [0.05, 0.1) is 29.0 Å². The van der Waals surface area contributed by atoms with Crippen LogP contribution >= 0.6 is 18.9 Å². The second-order valence-electron chi connectivity index (χ2n) is 10.1. The van der Waals surface area contributed by atoms with Gasteiger partial charge >= 0.3 is 7.60 Å². The van der Waals surface area contributed by atoms with Gasteiger partial charge in [-0.15, -0.1) is 11.3 Å². The number of ether oxygens (including phenoxy) is 2. The number of thiophene rings is 1. The number of hydrogen-bond acceptors (Lipinski definition) is 12. The first-order chi connectivity index (χ1) is 23.3. The van der Waals surface area contributed by atoms with Crippen LogP contribution in [-0.4, -0.2) is 41.0 Å². The highest BCUT2D eigenvalue weighted by molar-refractivity contribution is 7.92. The molecule has 260 valence electrons. The van der Waals surface area contributed by atoms with E-state index in [1.54, 1.807) is 12.1 Å². The van der Waals surface area contributed by atoms with Gasteiger partial charge in [0.25, 0.3) is 10.0 Å². The lowest BCUT2D eigenvalue weighted by Gasteiger charge is -2.20. The Morgan fingerprint density at radius 3 is 1.80 bits per heavy atom. The highest BCUT2D eigenvalue weighted by Crippen LogP contribution is 2.50. The van der Waals surface area contributed by atoms with Crippen molar-refractivity contribution in [1.29, 1.82) is 10.5 Å². The van der Waals surface area contributed by atoms with Crippen LogP contribution in [0.1, 0.15) is 29.5 Å². The van der Waals surface area contributed by atoms with E-state index >= 15 is 8.78 Å². The molecule has 3 aromatic carbocycles. The van der Waals surface area contributed by atoms with Crippen LogP contribution in [0.4, 0.5) is 17.6 Å².